The Morgan fingerprint density at radius 3 is 1.93 bits per heavy atom. The van der Waals surface area contributed by atoms with Gasteiger partial charge < -0.3 is 9.13 Å². The molecule has 3 heterocycles. The van der Waals surface area contributed by atoms with Gasteiger partial charge in [0.2, 0.25) is 0 Å². The molecule has 0 bridgehead atoms. The zero-order chi connectivity index (χ0) is 29.5. The molecule has 0 spiro atoms. The molecule has 0 aliphatic rings. The highest BCUT2D eigenvalue weighted by atomic mass is 32.1. The highest BCUT2D eigenvalue weighted by molar-refractivity contribution is 7.26. The van der Waals surface area contributed by atoms with Gasteiger partial charge >= 0.3 is 0 Å². The summed E-state index contributed by atoms with van der Waals surface area (Å²) < 4.78 is 7.61. The standard InChI is InChI=1S/C42H26N2S/c1-2-12-27(13-3-1)28-14-10-15-29(26-28)43-36-21-8-5-18-34(36)40-37(43)25-24-32-30-16-4-7-20-35(30)44(41(32)40)38-22-11-19-33-31-17-6-9-23-39(31)45-42(33)38/h1-26H. The monoisotopic (exact) mass is 590 g/mol. The number of hydrogen-bond acceptors (Lipinski definition) is 1. The molecule has 0 saturated heterocycles. The summed E-state index contributed by atoms with van der Waals surface area (Å²) in [5.74, 6) is 0. The van der Waals surface area contributed by atoms with Crippen molar-refractivity contribution in [1.82, 2.24) is 9.13 Å². The number of benzene rings is 7. The van der Waals surface area contributed by atoms with Crippen LogP contribution in [0.15, 0.2) is 158 Å². The molecule has 0 fully saturated rings. The largest absolute Gasteiger partial charge is 0.309 e. The Labute approximate surface area is 263 Å². The molecule has 2 nitrogen and oxygen atoms in total. The summed E-state index contributed by atoms with van der Waals surface area (Å²) in [4.78, 5) is 0. The van der Waals surface area contributed by atoms with Gasteiger partial charge in [0.05, 0.1) is 32.5 Å². The third kappa shape index (κ3) is 3.50. The number of para-hydroxylation sites is 2. The van der Waals surface area contributed by atoms with E-state index >= 15 is 0 Å². The molecule has 0 amide bonds. The van der Waals surface area contributed by atoms with Gasteiger partial charge in [-0.15, -0.1) is 11.3 Å². The van der Waals surface area contributed by atoms with Crippen LogP contribution in [0, 0.1) is 0 Å². The minimum Gasteiger partial charge on any atom is -0.309 e. The van der Waals surface area contributed by atoms with E-state index in [9.17, 15) is 0 Å². The predicted octanol–water partition coefficient (Wildman–Crippen LogP) is 11.9. The van der Waals surface area contributed by atoms with E-state index in [0.29, 0.717) is 0 Å². The first-order chi connectivity index (χ1) is 22.3. The van der Waals surface area contributed by atoms with Gasteiger partial charge in [0, 0.05) is 42.7 Å². The lowest BCUT2D eigenvalue weighted by Gasteiger charge is -2.12. The maximum atomic E-state index is 2.53. The van der Waals surface area contributed by atoms with Gasteiger partial charge in [0.25, 0.3) is 0 Å². The van der Waals surface area contributed by atoms with E-state index in [2.05, 4.69) is 167 Å². The Morgan fingerprint density at radius 1 is 0.400 bits per heavy atom. The number of hydrogen-bond donors (Lipinski definition) is 0. The molecule has 0 unspecified atom stereocenters. The van der Waals surface area contributed by atoms with Crippen molar-refractivity contribution in [3.8, 4) is 22.5 Å². The van der Waals surface area contributed by atoms with Crippen LogP contribution in [0.5, 0.6) is 0 Å². The second-order valence-corrected chi connectivity index (χ2v) is 12.8. The summed E-state index contributed by atoms with van der Waals surface area (Å²) in [5.41, 5.74) is 9.74. The summed E-state index contributed by atoms with van der Waals surface area (Å²) in [7, 11) is 0. The van der Waals surface area contributed by atoms with Gasteiger partial charge in [-0.05, 0) is 53.6 Å². The van der Waals surface area contributed by atoms with Crippen molar-refractivity contribution in [2.24, 2.45) is 0 Å². The van der Waals surface area contributed by atoms with Crippen LogP contribution in [0.4, 0.5) is 0 Å². The Balaban J connectivity index is 1.36. The summed E-state index contributed by atoms with van der Waals surface area (Å²) in [5, 5.41) is 7.72. The van der Waals surface area contributed by atoms with Crippen LogP contribution in [0.3, 0.4) is 0 Å². The first-order valence-corrected chi connectivity index (χ1v) is 16.2. The Hall–Kier alpha value is -5.64. The molecule has 10 rings (SSSR count). The minimum atomic E-state index is 1.16. The fraction of sp³-hybridized carbons (Fsp3) is 0. The van der Waals surface area contributed by atoms with Crippen molar-refractivity contribution in [3.05, 3.63) is 158 Å². The van der Waals surface area contributed by atoms with Crippen molar-refractivity contribution in [3.63, 3.8) is 0 Å². The lowest BCUT2D eigenvalue weighted by molar-refractivity contribution is 1.18. The molecule has 0 saturated carbocycles. The van der Waals surface area contributed by atoms with Gasteiger partial charge in [0.1, 0.15) is 0 Å². The van der Waals surface area contributed by atoms with Crippen molar-refractivity contribution < 1.29 is 0 Å². The fourth-order valence-electron chi connectivity index (χ4n) is 7.40. The summed E-state index contributed by atoms with van der Waals surface area (Å²) in [6, 6.07) is 57.5. The average Bonchev–Trinajstić information content (AvgIpc) is 3.76. The molecule has 10 aromatic rings. The summed E-state index contributed by atoms with van der Waals surface area (Å²) in [6.45, 7) is 0. The van der Waals surface area contributed by atoms with E-state index in [4.69, 9.17) is 0 Å². The highest BCUT2D eigenvalue weighted by Gasteiger charge is 2.22. The highest BCUT2D eigenvalue weighted by Crippen LogP contribution is 2.45. The summed E-state index contributed by atoms with van der Waals surface area (Å²) in [6.07, 6.45) is 0. The smallest absolute Gasteiger partial charge is 0.0641 e. The SMILES string of the molecule is c1ccc(-c2cccc(-n3c4ccccc4c4c3ccc3c5ccccc5n(-c5cccc6c5sc5ccccc56)c34)c2)cc1. The molecular formula is C42H26N2S. The van der Waals surface area contributed by atoms with Crippen LogP contribution in [0.2, 0.25) is 0 Å². The maximum absolute atomic E-state index is 2.53. The minimum absolute atomic E-state index is 1.16. The Morgan fingerprint density at radius 2 is 1.07 bits per heavy atom. The van der Waals surface area contributed by atoms with Gasteiger partial charge in [-0.1, -0.05) is 115 Å². The molecule has 0 atom stereocenters. The van der Waals surface area contributed by atoms with E-state index in [1.54, 1.807) is 0 Å². The molecule has 210 valence electrons. The summed E-state index contributed by atoms with van der Waals surface area (Å²) >= 11 is 1.89. The molecule has 0 radical (unpaired) electrons. The van der Waals surface area contributed by atoms with Crippen LogP contribution in [0.25, 0.3) is 86.3 Å². The van der Waals surface area contributed by atoms with Gasteiger partial charge in [0.15, 0.2) is 0 Å². The number of rotatable bonds is 3. The molecule has 45 heavy (non-hydrogen) atoms. The van der Waals surface area contributed by atoms with E-state index in [1.807, 2.05) is 11.3 Å². The van der Waals surface area contributed by atoms with Crippen molar-refractivity contribution in [2.45, 2.75) is 0 Å². The second kappa shape index (κ2) is 9.43. The number of fused-ring (bicyclic) bond motifs is 10. The van der Waals surface area contributed by atoms with Crippen molar-refractivity contribution in [1.29, 1.82) is 0 Å². The first-order valence-electron chi connectivity index (χ1n) is 15.4. The normalized spacial score (nSPS) is 12.0. The molecule has 3 heteroatoms. The van der Waals surface area contributed by atoms with Crippen LogP contribution in [0.1, 0.15) is 0 Å². The van der Waals surface area contributed by atoms with Crippen LogP contribution < -0.4 is 0 Å². The number of aromatic nitrogens is 2. The second-order valence-electron chi connectivity index (χ2n) is 11.7. The van der Waals surface area contributed by atoms with E-state index in [0.717, 1.165) is 5.69 Å². The van der Waals surface area contributed by atoms with Crippen molar-refractivity contribution >= 4 is 75.1 Å². The van der Waals surface area contributed by atoms with Gasteiger partial charge in [-0.25, -0.2) is 0 Å². The van der Waals surface area contributed by atoms with Crippen LogP contribution >= 0.6 is 11.3 Å². The molecule has 0 aliphatic carbocycles. The van der Waals surface area contributed by atoms with E-state index in [1.165, 1.54) is 80.6 Å². The third-order valence-corrected chi connectivity index (χ3v) is 10.5. The fourth-order valence-corrected chi connectivity index (χ4v) is 8.61. The lowest BCUT2D eigenvalue weighted by Crippen LogP contribution is -1.96. The number of nitrogens with zero attached hydrogens (tertiary/aromatic N) is 2. The zero-order valence-corrected chi connectivity index (χ0v) is 25.1. The average molecular weight is 591 g/mol. The zero-order valence-electron chi connectivity index (χ0n) is 24.3. The third-order valence-electron chi connectivity index (χ3n) is 9.31. The molecule has 0 aliphatic heterocycles. The first kappa shape index (κ1) is 24.8. The van der Waals surface area contributed by atoms with E-state index < -0.39 is 0 Å². The van der Waals surface area contributed by atoms with Gasteiger partial charge in [-0.2, -0.15) is 0 Å². The number of thiophene rings is 1. The molecule has 7 aromatic carbocycles. The lowest BCUT2D eigenvalue weighted by atomic mass is 10.1. The molecule has 0 N–H and O–H groups in total. The predicted molar refractivity (Wildman–Crippen MR) is 193 cm³/mol. The van der Waals surface area contributed by atoms with Crippen molar-refractivity contribution in [2.75, 3.05) is 0 Å². The van der Waals surface area contributed by atoms with E-state index in [-0.39, 0.29) is 0 Å². The maximum Gasteiger partial charge on any atom is 0.0641 e. The van der Waals surface area contributed by atoms with Crippen LogP contribution in [-0.4, -0.2) is 9.13 Å². The Bertz CT molecular complexity index is 2760. The van der Waals surface area contributed by atoms with Crippen LogP contribution in [-0.2, 0) is 0 Å². The topological polar surface area (TPSA) is 9.86 Å². The Kier molecular flexibility index (Phi) is 5.19. The molecule has 3 aromatic heterocycles. The van der Waals surface area contributed by atoms with Gasteiger partial charge in [-0.3, -0.25) is 0 Å². The molecular weight excluding hydrogens is 565 g/mol. The quantitative estimate of drug-likeness (QED) is 0.194.